The Morgan fingerprint density at radius 1 is 1.15 bits per heavy atom. The van der Waals surface area contributed by atoms with Gasteiger partial charge in [0.1, 0.15) is 11.6 Å². The Bertz CT molecular complexity index is 1040. The van der Waals surface area contributed by atoms with Gasteiger partial charge in [0.15, 0.2) is 0 Å². The molecule has 0 aliphatic carbocycles. The number of nitrogens with zero attached hydrogens (tertiary/aromatic N) is 2. The monoisotopic (exact) mass is 447 g/mol. The van der Waals surface area contributed by atoms with Gasteiger partial charge in [0.2, 0.25) is 5.91 Å². The Hall–Kier alpha value is -3.25. The van der Waals surface area contributed by atoms with Crippen LogP contribution in [0.4, 0.5) is 4.39 Å². The van der Waals surface area contributed by atoms with Crippen molar-refractivity contribution >= 4 is 5.91 Å². The Morgan fingerprint density at radius 3 is 2.70 bits per heavy atom. The Labute approximate surface area is 194 Å². The lowest BCUT2D eigenvalue weighted by Gasteiger charge is -2.37. The molecule has 2 heterocycles. The fourth-order valence-corrected chi connectivity index (χ4v) is 4.59. The van der Waals surface area contributed by atoms with Gasteiger partial charge in [-0.15, -0.1) is 0 Å². The van der Waals surface area contributed by atoms with E-state index in [1.54, 1.807) is 13.3 Å². The molecular weight excluding hydrogens is 417 g/mol. The zero-order valence-electron chi connectivity index (χ0n) is 18.9. The zero-order valence-corrected chi connectivity index (χ0v) is 18.9. The van der Waals surface area contributed by atoms with Crippen molar-refractivity contribution in [1.82, 2.24) is 15.2 Å². The molecule has 1 N–H and O–H groups in total. The summed E-state index contributed by atoms with van der Waals surface area (Å²) in [5.74, 6) is 0.676. The number of benzene rings is 2. The van der Waals surface area contributed by atoms with E-state index in [1.807, 2.05) is 54.6 Å². The molecule has 0 spiro atoms. The average molecular weight is 448 g/mol. The largest absolute Gasteiger partial charge is 0.496 e. The minimum atomic E-state index is -0.219. The molecule has 1 amide bonds. The van der Waals surface area contributed by atoms with Crippen LogP contribution < -0.4 is 10.1 Å². The van der Waals surface area contributed by atoms with Crippen LogP contribution in [-0.4, -0.2) is 36.0 Å². The lowest BCUT2D eigenvalue weighted by Crippen LogP contribution is -2.43. The lowest BCUT2D eigenvalue weighted by atomic mass is 9.88. The maximum atomic E-state index is 13.3. The van der Waals surface area contributed by atoms with Crippen LogP contribution in [0.25, 0.3) is 0 Å². The molecule has 0 unspecified atom stereocenters. The minimum absolute atomic E-state index is 0.0502. The Kier molecular flexibility index (Phi) is 7.68. The number of hydrogen-bond donors (Lipinski definition) is 1. The van der Waals surface area contributed by atoms with Gasteiger partial charge in [-0.3, -0.25) is 14.7 Å². The molecule has 2 atom stereocenters. The first-order valence-electron chi connectivity index (χ1n) is 11.4. The first-order chi connectivity index (χ1) is 16.1. The number of nitrogens with one attached hydrogen (secondary N) is 1. The van der Waals surface area contributed by atoms with Crippen molar-refractivity contribution in [3.63, 3.8) is 0 Å². The fourth-order valence-electron chi connectivity index (χ4n) is 4.59. The van der Waals surface area contributed by atoms with Gasteiger partial charge in [-0.25, -0.2) is 4.39 Å². The molecule has 0 radical (unpaired) electrons. The molecular formula is C27H30FN3O2. The summed E-state index contributed by atoms with van der Waals surface area (Å²) < 4.78 is 18.7. The second kappa shape index (κ2) is 11.1. The molecule has 0 saturated carbocycles. The number of ether oxygens (including phenoxy) is 1. The van der Waals surface area contributed by atoms with E-state index >= 15 is 0 Å². The van der Waals surface area contributed by atoms with Gasteiger partial charge in [0, 0.05) is 24.8 Å². The molecule has 1 saturated heterocycles. The number of carbonyl (C=O) groups excluding carboxylic acids is 1. The van der Waals surface area contributed by atoms with E-state index in [-0.39, 0.29) is 30.1 Å². The number of methoxy groups -OCH3 is 1. The number of amides is 1. The van der Waals surface area contributed by atoms with Gasteiger partial charge in [0.05, 0.1) is 25.3 Å². The number of likely N-dealkylation sites (tertiary alicyclic amines) is 1. The van der Waals surface area contributed by atoms with Crippen molar-refractivity contribution in [2.24, 2.45) is 5.92 Å². The molecule has 3 aromatic rings. The van der Waals surface area contributed by atoms with E-state index in [4.69, 9.17) is 4.74 Å². The van der Waals surface area contributed by atoms with Gasteiger partial charge in [-0.2, -0.15) is 0 Å². The van der Waals surface area contributed by atoms with E-state index in [9.17, 15) is 9.18 Å². The lowest BCUT2D eigenvalue weighted by molar-refractivity contribution is -0.121. The van der Waals surface area contributed by atoms with Crippen LogP contribution in [0.2, 0.25) is 0 Å². The van der Waals surface area contributed by atoms with Gasteiger partial charge in [-0.1, -0.05) is 36.4 Å². The summed E-state index contributed by atoms with van der Waals surface area (Å²) >= 11 is 0. The summed E-state index contributed by atoms with van der Waals surface area (Å²) in [7, 11) is 1.62. The zero-order chi connectivity index (χ0) is 23.0. The van der Waals surface area contributed by atoms with Crippen molar-refractivity contribution in [1.29, 1.82) is 0 Å². The van der Waals surface area contributed by atoms with Crippen LogP contribution in [0.1, 0.15) is 35.7 Å². The van der Waals surface area contributed by atoms with Crippen LogP contribution in [0.3, 0.4) is 0 Å². The quantitative estimate of drug-likeness (QED) is 0.551. The SMILES string of the molecule is COc1ccccc1CC(=O)N[C@H](c1ccccn1)[C@@H]1CCCN(Cc2ccc(F)cc2)C1. The number of halogens is 1. The maximum absolute atomic E-state index is 13.3. The number of rotatable bonds is 8. The Morgan fingerprint density at radius 2 is 1.94 bits per heavy atom. The Balaban J connectivity index is 1.48. The molecule has 1 aliphatic heterocycles. The third-order valence-electron chi connectivity index (χ3n) is 6.20. The van der Waals surface area contributed by atoms with Crippen LogP contribution in [-0.2, 0) is 17.8 Å². The summed E-state index contributed by atoms with van der Waals surface area (Å²) in [4.78, 5) is 20.0. The summed E-state index contributed by atoms with van der Waals surface area (Å²) in [5.41, 5.74) is 2.82. The molecule has 4 rings (SSSR count). The first kappa shape index (κ1) is 22.9. The third-order valence-corrected chi connectivity index (χ3v) is 6.20. The van der Waals surface area contributed by atoms with E-state index in [1.165, 1.54) is 12.1 Å². The second-order valence-corrected chi connectivity index (χ2v) is 8.55. The van der Waals surface area contributed by atoms with Crippen molar-refractivity contribution in [3.8, 4) is 5.75 Å². The number of piperidine rings is 1. The summed E-state index contributed by atoms with van der Waals surface area (Å²) in [5, 5.41) is 3.26. The van der Waals surface area contributed by atoms with Gasteiger partial charge >= 0.3 is 0 Å². The van der Waals surface area contributed by atoms with Crippen molar-refractivity contribution in [2.75, 3.05) is 20.2 Å². The standard InChI is InChI=1S/C27H30FN3O2/c1-33-25-10-3-2-7-21(25)17-26(32)30-27(24-9-4-5-15-29-24)22-8-6-16-31(19-22)18-20-11-13-23(28)14-12-20/h2-5,7,9-15,22,27H,6,8,16-19H2,1H3,(H,30,32)/t22-,27+/m1/s1. The van der Waals surface area contributed by atoms with Gasteiger partial charge in [-0.05, 0) is 61.2 Å². The predicted molar refractivity (Wildman–Crippen MR) is 126 cm³/mol. The molecule has 2 aromatic carbocycles. The molecule has 172 valence electrons. The van der Waals surface area contributed by atoms with Crippen LogP contribution in [0, 0.1) is 11.7 Å². The normalized spacial score (nSPS) is 17.3. The predicted octanol–water partition coefficient (Wildman–Crippen LogP) is 4.54. The van der Waals surface area contributed by atoms with Crippen molar-refractivity contribution in [2.45, 2.75) is 31.8 Å². The molecule has 6 heteroatoms. The highest BCUT2D eigenvalue weighted by molar-refractivity contribution is 5.79. The third kappa shape index (κ3) is 6.17. The van der Waals surface area contributed by atoms with Crippen LogP contribution in [0.5, 0.6) is 5.75 Å². The van der Waals surface area contributed by atoms with E-state index < -0.39 is 0 Å². The number of carbonyl (C=O) groups is 1. The highest BCUT2D eigenvalue weighted by atomic mass is 19.1. The number of para-hydroxylation sites is 1. The van der Waals surface area contributed by atoms with Crippen LogP contribution in [0.15, 0.2) is 72.9 Å². The molecule has 33 heavy (non-hydrogen) atoms. The molecule has 5 nitrogen and oxygen atoms in total. The average Bonchev–Trinajstić information content (AvgIpc) is 2.85. The maximum Gasteiger partial charge on any atom is 0.225 e. The number of aromatic nitrogens is 1. The smallest absolute Gasteiger partial charge is 0.225 e. The topological polar surface area (TPSA) is 54.5 Å². The molecule has 1 fully saturated rings. The first-order valence-corrected chi connectivity index (χ1v) is 11.4. The summed E-state index contributed by atoms with van der Waals surface area (Å²) in [6, 6.07) is 19.9. The van der Waals surface area contributed by atoms with Gasteiger partial charge < -0.3 is 10.1 Å². The minimum Gasteiger partial charge on any atom is -0.496 e. The number of hydrogen-bond acceptors (Lipinski definition) is 4. The van der Waals surface area contributed by atoms with Gasteiger partial charge in [0.25, 0.3) is 0 Å². The van der Waals surface area contributed by atoms with Crippen molar-refractivity contribution < 1.29 is 13.9 Å². The molecule has 0 bridgehead atoms. The highest BCUT2D eigenvalue weighted by Crippen LogP contribution is 2.30. The molecule has 1 aliphatic rings. The van der Waals surface area contributed by atoms with Crippen molar-refractivity contribution in [3.05, 3.63) is 95.6 Å². The summed E-state index contributed by atoms with van der Waals surface area (Å²) in [6.45, 7) is 2.59. The summed E-state index contributed by atoms with van der Waals surface area (Å²) in [6.07, 6.45) is 4.07. The highest BCUT2D eigenvalue weighted by Gasteiger charge is 2.30. The van der Waals surface area contributed by atoms with E-state index in [0.717, 1.165) is 49.3 Å². The fraction of sp³-hybridized carbons (Fsp3) is 0.333. The number of pyridine rings is 1. The van der Waals surface area contributed by atoms with E-state index in [2.05, 4.69) is 15.2 Å². The van der Waals surface area contributed by atoms with Crippen LogP contribution >= 0.6 is 0 Å². The second-order valence-electron chi connectivity index (χ2n) is 8.55. The molecule has 1 aromatic heterocycles. The van der Waals surface area contributed by atoms with E-state index in [0.29, 0.717) is 5.75 Å².